The standard InChI is InChI=1S/C23H23ClN2O/c1-18-21(24)13-8-14-22(18)25-23(27)17-26(15-19-9-4-2-5-10-19)16-20-11-6-3-7-12-20/h2-14H,15-17H2,1H3,(H,25,27). The molecule has 0 aliphatic carbocycles. The van der Waals surface area contributed by atoms with Crippen molar-refractivity contribution < 1.29 is 4.79 Å². The second-order valence-corrected chi connectivity index (χ2v) is 6.98. The number of anilines is 1. The first-order chi connectivity index (χ1) is 13.1. The van der Waals surface area contributed by atoms with E-state index in [1.54, 1.807) is 0 Å². The Labute approximate surface area is 165 Å². The number of carbonyl (C=O) groups is 1. The van der Waals surface area contributed by atoms with E-state index < -0.39 is 0 Å². The Balaban J connectivity index is 1.71. The molecule has 0 unspecified atom stereocenters. The van der Waals surface area contributed by atoms with Gasteiger partial charge in [-0.25, -0.2) is 0 Å². The van der Waals surface area contributed by atoms with Crippen molar-refractivity contribution in [1.29, 1.82) is 0 Å². The van der Waals surface area contributed by atoms with Crippen LogP contribution in [0.3, 0.4) is 0 Å². The average Bonchev–Trinajstić information content (AvgIpc) is 2.67. The molecule has 0 fully saturated rings. The summed E-state index contributed by atoms with van der Waals surface area (Å²) in [6.45, 7) is 3.62. The zero-order valence-electron chi connectivity index (χ0n) is 15.4. The molecule has 3 rings (SSSR count). The summed E-state index contributed by atoms with van der Waals surface area (Å²) >= 11 is 6.16. The highest BCUT2D eigenvalue weighted by Crippen LogP contribution is 2.23. The van der Waals surface area contributed by atoms with Crippen LogP contribution in [0.2, 0.25) is 5.02 Å². The van der Waals surface area contributed by atoms with Gasteiger partial charge in [-0.15, -0.1) is 0 Å². The average molecular weight is 379 g/mol. The topological polar surface area (TPSA) is 32.3 Å². The van der Waals surface area contributed by atoms with Crippen LogP contribution in [0.25, 0.3) is 0 Å². The van der Waals surface area contributed by atoms with E-state index in [0.29, 0.717) is 24.7 Å². The lowest BCUT2D eigenvalue weighted by atomic mass is 10.1. The third-order valence-electron chi connectivity index (χ3n) is 4.41. The molecule has 1 amide bonds. The third kappa shape index (κ3) is 5.68. The molecule has 0 atom stereocenters. The molecule has 3 aromatic rings. The molecule has 0 saturated heterocycles. The normalized spacial score (nSPS) is 10.8. The van der Waals surface area contributed by atoms with Crippen molar-refractivity contribution in [1.82, 2.24) is 4.90 Å². The molecule has 3 aromatic carbocycles. The number of nitrogens with zero attached hydrogens (tertiary/aromatic N) is 1. The minimum Gasteiger partial charge on any atom is -0.325 e. The van der Waals surface area contributed by atoms with Gasteiger partial charge in [0.25, 0.3) is 0 Å². The lowest BCUT2D eigenvalue weighted by Gasteiger charge is -2.22. The number of hydrogen-bond acceptors (Lipinski definition) is 2. The third-order valence-corrected chi connectivity index (χ3v) is 4.82. The number of hydrogen-bond donors (Lipinski definition) is 1. The van der Waals surface area contributed by atoms with E-state index >= 15 is 0 Å². The summed E-state index contributed by atoms with van der Waals surface area (Å²) in [5.41, 5.74) is 4.00. The quantitative estimate of drug-likeness (QED) is 0.605. The van der Waals surface area contributed by atoms with Crippen molar-refractivity contribution in [3.05, 3.63) is 101 Å². The van der Waals surface area contributed by atoms with Gasteiger partial charge in [0.2, 0.25) is 5.91 Å². The van der Waals surface area contributed by atoms with Gasteiger partial charge in [-0.3, -0.25) is 9.69 Å². The molecule has 0 aliphatic rings. The lowest BCUT2D eigenvalue weighted by molar-refractivity contribution is -0.117. The first kappa shape index (κ1) is 19.2. The predicted octanol–water partition coefficient (Wildman–Crippen LogP) is 5.29. The molecule has 4 heteroatoms. The van der Waals surface area contributed by atoms with Gasteiger partial charge in [0, 0.05) is 23.8 Å². The first-order valence-corrected chi connectivity index (χ1v) is 9.35. The van der Waals surface area contributed by atoms with Crippen LogP contribution in [-0.4, -0.2) is 17.4 Å². The SMILES string of the molecule is Cc1c(Cl)cccc1NC(=O)CN(Cc1ccccc1)Cc1ccccc1. The predicted molar refractivity (Wildman–Crippen MR) is 112 cm³/mol. The Morgan fingerprint density at radius 1 is 0.852 bits per heavy atom. The van der Waals surface area contributed by atoms with E-state index in [0.717, 1.165) is 11.3 Å². The number of amides is 1. The fourth-order valence-corrected chi connectivity index (χ4v) is 3.16. The van der Waals surface area contributed by atoms with Gasteiger partial charge < -0.3 is 5.32 Å². The first-order valence-electron chi connectivity index (χ1n) is 8.97. The van der Waals surface area contributed by atoms with E-state index in [1.807, 2.05) is 61.5 Å². The molecular formula is C23H23ClN2O. The van der Waals surface area contributed by atoms with Crippen LogP contribution in [0.1, 0.15) is 16.7 Å². The van der Waals surface area contributed by atoms with Crippen molar-refractivity contribution in [3.63, 3.8) is 0 Å². The highest BCUT2D eigenvalue weighted by molar-refractivity contribution is 6.31. The van der Waals surface area contributed by atoms with Crippen LogP contribution >= 0.6 is 11.6 Å². The Bertz CT molecular complexity index is 840. The van der Waals surface area contributed by atoms with E-state index in [9.17, 15) is 4.79 Å². The van der Waals surface area contributed by atoms with Gasteiger partial charge in [0.1, 0.15) is 0 Å². The van der Waals surface area contributed by atoms with E-state index in [1.165, 1.54) is 11.1 Å². The van der Waals surface area contributed by atoms with Crippen LogP contribution in [-0.2, 0) is 17.9 Å². The summed E-state index contributed by atoms with van der Waals surface area (Å²) in [6, 6.07) is 25.9. The van der Waals surface area contributed by atoms with Crippen molar-refractivity contribution in [3.8, 4) is 0 Å². The number of halogens is 1. The van der Waals surface area contributed by atoms with Crippen LogP contribution in [0.15, 0.2) is 78.9 Å². The van der Waals surface area contributed by atoms with Crippen molar-refractivity contribution >= 4 is 23.2 Å². The highest BCUT2D eigenvalue weighted by Gasteiger charge is 2.13. The van der Waals surface area contributed by atoms with Gasteiger partial charge in [-0.1, -0.05) is 78.3 Å². The van der Waals surface area contributed by atoms with Crippen molar-refractivity contribution in [2.75, 3.05) is 11.9 Å². The fraction of sp³-hybridized carbons (Fsp3) is 0.174. The summed E-state index contributed by atoms with van der Waals surface area (Å²) in [7, 11) is 0. The molecule has 0 aliphatic heterocycles. The fourth-order valence-electron chi connectivity index (χ4n) is 2.99. The molecule has 0 radical (unpaired) electrons. The van der Waals surface area contributed by atoms with E-state index in [2.05, 4.69) is 34.5 Å². The molecule has 3 nitrogen and oxygen atoms in total. The maximum absolute atomic E-state index is 12.7. The number of benzene rings is 3. The van der Waals surface area contributed by atoms with Crippen LogP contribution in [0.5, 0.6) is 0 Å². The summed E-state index contributed by atoms with van der Waals surface area (Å²) in [5, 5.41) is 3.64. The van der Waals surface area contributed by atoms with Crippen LogP contribution in [0.4, 0.5) is 5.69 Å². The minimum atomic E-state index is -0.0489. The molecule has 27 heavy (non-hydrogen) atoms. The Morgan fingerprint density at radius 3 is 1.96 bits per heavy atom. The number of carbonyl (C=O) groups excluding carboxylic acids is 1. The van der Waals surface area contributed by atoms with Gasteiger partial charge >= 0.3 is 0 Å². The highest BCUT2D eigenvalue weighted by atomic mass is 35.5. The molecule has 0 bridgehead atoms. The second kappa shape index (κ2) is 9.36. The van der Waals surface area contributed by atoms with E-state index in [4.69, 9.17) is 11.6 Å². The van der Waals surface area contributed by atoms with Crippen molar-refractivity contribution in [2.45, 2.75) is 20.0 Å². The van der Waals surface area contributed by atoms with Gasteiger partial charge in [0.05, 0.1) is 6.54 Å². The molecular weight excluding hydrogens is 356 g/mol. The molecule has 1 N–H and O–H groups in total. The Kier molecular flexibility index (Phi) is 6.64. The minimum absolute atomic E-state index is 0.0489. The summed E-state index contributed by atoms with van der Waals surface area (Å²) < 4.78 is 0. The lowest BCUT2D eigenvalue weighted by Crippen LogP contribution is -2.32. The number of nitrogens with one attached hydrogen (secondary N) is 1. The Hall–Kier alpha value is -2.62. The number of rotatable bonds is 7. The smallest absolute Gasteiger partial charge is 0.238 e. The molecule has 0 heterocycles. The second-order valence-electron chi connectivity index (χ2n) is 6.58. The summed E-state index contributed by atoms with van der Waals surface area (Å²) in [5.74, 6) is -0.0489. The van der Waals surface area contributed by atoms with Gasteiger partial charge in [-0.05, 0) is 35.7 Å². The molecule has 138 valence electrons. The zero-order chi connectivity index (χ0) is 19.1. The van der Waals surface area contributed by atoms with Gasteiger partial charge in [0.15, 0.2) is 0 Å². The monoisotopic (exact) mass is 378 g/mol. The summed E-state index contributed by atoms with van der Waals surface area (Å²) in [6.07, 6.45) is 0. The summed E-state index contributed by atoms with van der Waals surface area (Å²) in [4.78, 5) is 14.8. The largest absolute Gasteiger partial charge is 0.325 e. The van der Waals surface area contributed by atoms with Crippen molar-refractivity contribution in [2.24, 2.45) is 0 Å². The Morgan fingerprint density at radius 2 is 1.41 bits per heavy atom. The molecule has 0 spiro atoms. The van der Waals surface area contributed by atoms with Crippen LogP contribution < -0.4 is 5.32 Å². The maximum atomic E-state index is 12.7. The molecule has 0 aromatic heterocycles. The molecule has 0 saturated carbocycles. The maximum Gasteiger partial charge on any atom is 0.238 e. The van der Waals surface area contributed by atoms with Crippen LogP contribution in [0, 0.1) is 6.92 Å². The van der Waals surface area contributed by atoms with E-state index in [-0.39, 0.29) is 5.91 Å². The van der Waals surface area contributed by atoms with Gasteiger partial charge in [-0.2, -0.15) is 0 Å². The zero-order valence-corrected chi connectivity index (χ0v) is 16.1.